The summed E-state index contributed by atoms with van der Waals surface area (Å²) < 4.78 is 0. The summed E-state index contributed by atoms with van der Waals surface area (Å²) in [6, 6.07) is 3.37. The van der Waals surface area contributed by atoms with E-state index in [9.17, 15) is 4.79 Å². The van der Waals surface area contributed by atoms with Crippen LogP contribution in [0.15, 0.2) is 18.3 Å². The summed E-state index contributed by atoms with van der Waals surface area (Å²) in [6.07, 6.45) is 1.57. The molecule has 5 heteroatoms. The van der Waals surface area contributed by atoms with Crippen molar-refractivity contribution in [3.8, 4) is 0 Å². The van der Waals surface area contributed by atoms with E-state index in [0.29, 0.717) is 12.2 Å². The molecule has 0 saturated heterocycles. The van der Waals surface area contributed by atoms with Gasteiger partial charge in [0.05, 0.1) is 6.61 Å². The van der Waals surface area contributed by atoms with E-state index in [1.165, 1.54) is 0 Å². The number of carbonyl (C=O) groups is 1. The number of nitrogens with zero attached hydrogens (tertiary/aromatic N) is 1. The first kappa shape index (κ1) is 12.4. The molecule has 0 aromatic carbocycles. The number of anilines is 1. The molecule has 1 heterocycles. The van der Waals surface area contributed by atoms with Crippen LogP contribution in [-0.4, -0.2) is 35.2 Å². The van der Waals surface area contributed by atoms with Crippen molar-refractivity contribution in [3.63, 3.8) is 0 Å². The zero-order valence-corrected chi connectivity index (χ0v) is 9.53. The van der Waals surface area contributed by atoms with Crippen LogP contribution in [0.1, 0.15) is 24.3 Å². The average molecular weight is 223 g/mol. The lowest BCUT2D eigenvalue weighted by atomic mass is 10.2. The molecular formula is C11H17N3O2. The van der Waals surface area contributed by atoms with E-state index in [2.05, 4.69) is 15.6 Å². The Balaban J connectivity index is 2.74. The van der Waals surface area contributed by atoms with Crippen LogP contribution >= 0.6 is 0 Å². The maximum atomic E-state index is 11.5. The van der Waals surface area contributed by atoms with Gasteiger partial charge in [-0.05, 0) is 26.0 Å². The minimum Gasteiger partial charge on any atom is -0.394 e. The number of pyridine rings is 1. The topological polar surface area (TPSA) is 74.2 Å². The van der Waals surface area contributed by atoms with Gasteiger partial charge in [0.1, 0.15) is 5.69 Å². The van der Waals surface area contributed by atoms with Crippen LogP contribution in [-0.2, 0) is 0 Å². The zero-order chi connectivity index (χ0) is 12.0. The first-order valence-corrected chi connectivity index (χ1v) is 5.29. The summed E-state index contributed by atoms with van der Waals surface area (Å²) in [4.78, 5) is 15.5. The van der Waals surface area contributed by atoms with Gasteiger partial charge in [-0.25, -0.2) is 0 Å². The summed E-state index contributed by atoms with van der Waals surface area (Å²) in [7, 11) is 0. The van der Waals surface area contributed by atoms with Gasteiger partial charge in [-0.1, -0.05) is 0 Å². The van der Waals surface area contributed by atoms with Crippen molar-refractivity contribution in [1.29, 1.82) is 0 Å². The van der Waals surface area contributed by atoms with Crippen LogP contribution in [0.3, 0.4) is 0 Å². The van der Waals surface area contributed by atoms with Gasteiger partial charge in [0.25, 0.3) is 5.91 Å². The van der Waals surface area contributed by atoms with Crippen LogP contribution in [0.2, 0.25) is 0 Å². The van der Waals surface area contributed by atoms with Crippen molar-refractivity contribution in [2.24, 2.45) is 0 Å². The molecule has 1 aromatic rings. The molecular weight excluding hydrogens is 206 g/mol. The third-order valence-electron chi connectivity index (χ3n) is 2.02. The first-order valence-electron chi connectivity index (χ1n) is 5.29. The maximum Gasteiger partial charge on any atom is 0.269 e. The molecule has 5 nitrogen and oxygen atoms in total. The molecule has 0 fully saturated rings. The largest absolute Gasteiger partial charge is 0.394 e. The van der Waals surface area contributed by atoms with Gasteiger partial charge in [-0.15, -0.1) is 0 Å². The Morgan fingerprint density at radius 3 is 3.00 bits per heavy atom. The van der Waals surface area contributed by atoms with Gasteiger partial charge in [0.2, 0.25) is 0 Å². The van der Waals surface area contributed by atoms with Gasteiger partial charge >= 0.3 is 0 Å². The molecule has 3 N–H and O–H groups in total. The lowest BCUT2D eigenvalue weighted by Crippen LogP contribution is -2.24. The lowest BCUT2D eigenvalue weighted by Gasteiger charge is -2.12. The van der Waals surface area contributed by atoms with Crippen LogP contribution < -0.4 is 10.6 Å². The van der Waals surface area contributed by atoms with Crippen LogP contribution in [0.5, 0.6) is 0 Å². The van der Waals surface area contributed by atoms with E-state index in [1.807, 2.05) is 13.8 Å². The Kier molecular flexibility index (Phi) is 4.72. The number of hydrogen-bond acceptors (Lipinski definition) is 4. The Morgan fingerprint density at radius 1 is 1.62 bits per heavy atom. The number of aliphatic hydroxyl groups is 1. The number of aliphatic hydroxyl groups excluding tert-OH is 1. The van der Waals surface area contributed by atoms with Crippen molar-refractivity contribution in [1.82, 2.24) is 10.3 Å². The van der Waals surface area contributed by atoms with Crippen LogP contribution in [0, 0.1) is 0 Å². The Bertz CT molecular complexity index is 355. The fourth-order valence-electron chi connectivity index (χ4n) is 1.23. The first-order chi connectivity index (χ1) is 7.67. The van der Waals surface area contributed by atoms with Crippen molar-refractivity contribution >= 4 is 11.6 Å². The highest BCUT2D eigenvalue weighted by atomic mass is 16.3. The molecule has 88 valence electrons. The second-order valence-corrected chi connectivity index (χ2v) is 3.52. The Morgan fingerprint density at radius 2 is 2.38 bits per heavy atom. The SMILES string of the molecule is CCNC(=O)c1cc(NC(C)CO)ccn1. The highest BCUT2D eigenvalue weighted by Gasteiger charge is 2.07. The van der Waals surface area contributed by atoms with Crippen LogP contribution in [0.4, 0.5) is 5.69 Å². The van der Waals surface area contributed by atoms with E-state index in [0.717, 1.165) is 5.69 Å². The number of amides is 1. The smallest absolute Gasteiger partial charge is 0.269 e. The minimum atomic E-state index is -0.192. The van der Waals surface area contributed by atoms with Gasteiger partial charge < -0.3 is 15.7 Å². The summed E-state index contributed by atoms with van der Waals surface area (Å²) in [5.41, 5.74) is 1.15. The monoisotopic (exact) mass is 223 g/mol. The van der Waals surface area contributed by atoms with E-state index in [4.69, 9.17) is 5.11 Å². The van der Waals surface area contributed by atoms with Gasteiger partial charge in [-0.3, -0.25) is 9.78 Å². The number of aromatic nitrogens is 1. The van der Waals surface area contributed by atoms with Gasteiger partial charge in [-0.2, -0.15) is 0 Å². The zero-order valence-electron chi connectivity index (χ0n) is 9.53. The fraction of sp³-hybridized carbons (Fsp3) is 0.455. The minimum absolute atomic E-state index is 0.0405. The van der Waals surface area contributed by atoms with Crippen LogP contribution in [0.25, 0.3) is 0 Å². The molecule has 0 aliphatic rings. The molecule has 1 aromatic heterocycles. The van der Waals surface area contributed by atoms with Crippen molar-refractivity contribution in [2.45, 2.75) is 19.9 Å². The lowest BCUT2D eigenvalue weighted by molar-refractivity contribution is 0.0951. The molecule has 0 radical (unpaired) electrons. The predicted octanol–water partition coefficient (Wildman–Crippen LogP) is 0.624. The molecule has 0 bridgehead atoms. The normalized spacial score (nSPS) is 11.9. The molecule has 0 aliphatic carbocycles. The fourth-order valence-corrected chi connectivity index (χ4v) is 1.23. The summed E-state index contributed by atoms with van der Waals surface area (Å²) in [5, 5.41) is 14.6. The number of hydrogen-bond donors (Lipinski definition) is 3. The molecule has 0 spiro atoms. The summed E-state index contributed by atoms with van der Waals surface area (Å²) >= 11 is 0. The molecule has 1 atom stereocenters. The van der Waals surface area contributed by atoms with E-state index in [-0.39, 0.29) is 18.6 Å². The Hall–Kier alpha value is -1.62. The average Bonchev–Trinajstić information content (AvgIpc) is 2.29. The van der Waals surface area contributed by atoms with Gasteiger partial charge in [0, 0.05) is 24.5 Å². The highest BCUT2D eigenvalue weighted by molar-refractivity contribution is 5.93. The van der Waals surface area contributed by atoms with Gasteiger partial charge in [0.15, 0.2) is 0 Å². The third-order valence-corrected chi connectivity index (χ3v) is 2.02. The third kappa shape index (κ3) is 3.51. The van der Waals surface area contributed by atoms with E-state index in [1.54, 1.807) is 18.3 Å². The van der Waals surface area contributed by atoms with E-state index >= 15 is 0 Å². The second-order valence-electron chi connectivity index (χ2n) is 3.52. The quantitative estimate of drug-likeness (QED) is 0.684. The standard InChI is InChI=1S/C11H17N3O2/c1-3-12-11(16)10-6-9(4-5-13-10)14-8(2)7-15/h4-6,8,15H,3,7H2,1-2H3,(H,12,16)(H,13,14). The summed E-state index contributed by atoms with van der Waals surface area (Å²) in [6.45, 7) is 4.32. The molecule has 16 heavy (non-hydrogen) atoms. The van der Waals surface area contributed by atoms with Crippen molar-refractivity contribution in [2.75, 3.05) is 18.5 Å². The molecule has 0 aliphatic heterocycles. The summed E-state index contributed by atoms with van der Waals surface area (Å²) in [5.74, 6) is -0.192. The number of carbonyl (C=O) groups excluding carboxylic acids is 1. The highest BCUT2D eigenvalue weighted by Crippen LogP contribution is 2.09. The molecule has 1 amide bonds. The maximum absolute atomic E-state index is 11.5. The number of rotatable bonds is 5. The molecule has 1 rings (SSSR count). The predicted molar refractivity (Wildman–Crippen MR) is 62.4 cm³/mol. The van der Waals surface area contributed by atoms with Crippen molar-refractivity contribution < 1.29 is 9.90 Å². The van der Waals surface area contributed by atoms with E-state index < -0.39 is 0 Å². The Labute approximate surface area is 94.9 Å². The number of nitrogens with one attached hydrogen (secondary N) is 2. The van der Waals surface area contributed by atoms with Crippen molar-refractivity contribution in [3.05, 3.63) is 24.0 Å². The second kappa shape index (κ2) is 6.07. The molecule has 0 saturated carbocycles. The molecule has 1 unspecified atom stereocenters.